The second kappa shape index (κ2) is 8.16. The molecule has 0 unspecified atom stereocenters. The summed E-state index contributed by atoms with van der Waals surface area (Å²) in [5.74, 6) is -0.703. The van der Waals surface area contributed by atoms with Crippen LogP contribution in [0.5, 0.6) is 5.75 Å². The standard InChI is InChI=1S/C14H19NO5/c1-19-8-7-15(10-14(17)18)13(16)9-11-5-3-4-6-12(11)20-2/h3-6H,7-10H2,1-2H3,(H,17,18). The molecule has 0 saturated heterocycles. The van der Waals surface area contributed by atoms with E-state index < -0.39 is 5.97 Å². The highest BCUT2D eigenvalue weighted by Crippen LogP contribution is 2.18. The lowest BCUT2D eigenvalue weighted by Crippen LogP contribution is -2.38. The zero-order valence-electron chi connectivity index (χ0n) is 11.7. The molecular weight excluding hydrogens is 262 g/mol. The first-order valence-electron chi connectivity index (χ1n) is 6.19. The van der Waals surface area contributed by atoms with Crippen molar-refractivity contribution in [3.63, 3.8) is 0 Å². The quantitative estimate of drug-likeness (QED) is 0.762. The first-order chi connectivity index (χ1) is 9.58. The Balaban J connectivity index is 2.76. The molecule has 0 aliphatic rings. The summed E-state index contributed by atoms with van der Waals surface area (Å²) >= 11 is 0. The molecule has 1 amide bonds. The number of amides is 1. The van der Waals surface area contributed by atoms with Crippen LogP contribution in [0.15, 0.2) is 24.3 Å². The van der Waals surface area contributed by atoms with Crippen LogP contribution in [-0.4, -0.2) is 55.8 Å². The number of aliphatic carboxylic acids is 1. The highest BCUT2D eigenvalue weighted by Gasteiger charge is 2.18. The maximum atomic E-state index is 12.2. The van der Waals surface area contributed by atoms with Crippen LogP contribution in [0.4, 0.5) is 0 Å². The number of carboxylic acid groups (broad SMARTS) is 1. The van der Waals surface area contributed by atoms with Crippen LogP contribution in [0.3, 0.4) is 0 Å². The highest BCUT2D eigenvalue weighted by molar-refractivity contribution is 5.83. The molecule has 0 aliphatic carbocycles. The van der Waals surface area contributed by atoms with E-state index in [2.05, 4.69) is 0 Å². The Bertz CT molecular complexity index is 461. The van der Waals surface area contributed by atoms with Gasteiger partial charge in [0.2, 0.25) is 5.91 Å². The fraction of sp³-hybridized carbons (Fsp3) is 0.429. The van der Waals surface area contributed by atoms with E-state index in [4.69, 9.17) is 14.6 Å². The number of methoxy groups -OCH3 is 2. The van der Waals surface area contributed by atoms with Gasteiger partial charge in [0.1, 0.15) is 12.3 Å². The average Bonchev–Trinajstić information content (AvgIpc) is 2.43. The van der Waals surface area contributed by atoms with Crippen molar-refractivity contribution in [1.82, 2.24) is 4.90 Å². The molecule has 110 valence electrons. The Hall–Kier alpha value is -2.08. The topological polar surface area (TPSA) is 76.1 Å². The Labute approximate surface area is 117 Å². The third-order valence-corrected chi connectivity index (χ3v) is 2.78. The Morgan fingerprint density at radius 3 is 2.55 bits per heavy atom. The van der Waals surface area contributed by atoms with E-state index in [0.29, 0.717) is 12.4 Å². The zero-order chi connectivity index (χ0) is 15.0. The maximum Gasteiger partial charge on any atom is 0.323 e. The lowest BCUT2D eigenvalue weighted by molar-refractivity contribution is -0.144. The molecule has 1 rings (SSSR count). The molecule has 1 aromatic carbocycles. The Morgan fingerprint density at radius 2 is 1.95 bits per heavy atom. The minimum atomic E-state index is -1.05. The van der Waals surface area contributed by atoms with Crippen molar-refractivity contribution in [3.05, 3.63) is 29.8 Å². The monoisotopic (exact) mass is 281 g/mol. The SMILES string of the molecule is COCCN(CC(=O)O)C(=O)Cc1ccccc1OC. The average molecular weight is 281 g/mol. The van der Waals surface area contributed by atoms with E-state index in [1.807, 2.05) is 12.1 Å². The van der Waals surface area contributed by atoms with E-state index in [9.17, 15) is 9.59 Å². The first kappa shape index (κ1) is 16.0. The number of ether oxygens (including phenoxy) is 2. The van der Waals surface area contributed by atoms with E-state index in [1.54, 1.807) is 12.1 Å². The fourth-order valence-electron chi connectivity index (χ4n) is 1.78. The van der Waals surface area contributed by atoms with Crippen LogP contribution in [0, 0.1) is 0 Å². The van der Waals surface area contributed by atoms with Gasteiger partial charge in [-0.3, -0.25) is 9.59 Å². The molecule has 0 radical (unpaired) electrons. The van der Waals surface area contributed by atoms with Crippen LogP contribution in [0.25, 0.3) is 0 Å². The number of hydrogen-bond acceptors (Lipinski definition) is 4. The van der Waals surface area contributed by atoms with Crippen LogP contribution >= 0.6 is 0 Å². The largest absolute Gasteiger partial charge is 0.496 e. The Morgan fingerprint density at radius 1 is 1.25 bits per heavy atom. The minimum Gasteiger partial charge on any atom is -0.496 e. The molecule has 0 spiro atoms. The van der Waals surface area contributed by atoms with Crippen LogP contribution < -0.4 is 4.74 Å². The predicted octanol–water partition coefficient (Wildman–Crippen LogP) is 0.797. The van der Waals surface area contributed by atoms with Gasteiger partial charge in [-0.15, -0.1) is 0 Å². The van der Waals surface area contributed by atoms with Gasteiger partial charge in [0.15, 0.2) is 0 Å². The summed E-state index contributed by atoms with van der Waals surface area (Å²) in [7, 11) is 3.03. The van der Waals surface area contributed by atoms with Gasteiger partial charge in [-0.2, -0.15) is 0 Å². The van der Waals surface area contributed by atoms with Gasteiger partial charge in [-0.25, -0.2) is 0 Å². The summed E-state index contributed by atoms with van der Waals surface area (Å²) < 4.78 is 10.1. The summed E-state index contributed by atoms with van der Waals surface area (Å²) in [6, 6.07) is 7.17. The molecule has 6 nitrogen and oxygen atoms in total. The van der Waals surface area contributed by atoms with E-state index >= 15 is 0 Å². The van der Waals surface area contributed by atoms with Crippen molar-refractivity contribution in [3.8, 4) is 5.75 Å². The first-order valence-corrected chi connectivity index (χ1v) is 6.19. The van der Waals surface area contributed by atoms with Gasteiger partial charge in [-0.1, -0.05) is 18.2 Å². The summed E-state index contributed by atoms with van der Waals surface area (Å²) in [5, 5.41) is 8.84. The molecule has 0 aliphatic heterocycles. The second-order valence-electron chi connectivity index (χ2n) is 4.19. The summed E-state index contributed by atoms with van der Waals surface area (Å²) in [6.45, 7) is 0.207. The summed E-state index contributed by atoms with van der Waals surface area (Å²) in [4.78, 5) is 24.2. The molecule has 20 heavy (non-hydrogen) atoms. The van der Waals surface area contributed by atoms with Gasteiger partial charge in [0.05, 0.1) is 20.1 Å². The predicted molar refractivity (Wildman–Crippen MR) is 72.8 cm³/mol. The van der Waals surface area contributed by atoms with Crippen molar-refractivity contribution in [2.45, 2.75) is 6.42 Å². The lowest BCUT2D eigenvalue weighted by atomic mass is 10.1. The van der Waals surface area contributed by atoms with Gasteiger partial charge >= 0.3 is 5.97 Å². The molecule has 1 N–H and O–H groups in total. The molecule has 0 fully saturated rings. The van der Waals surface area contributed by atoms with E-state index in [1.165, 1.54) is 19.1 Å². The van der Waals surface area contributed by atoms with Crippen molar-refractivity contribution >= 4 is 11.9 Å². The van der Waals surface area contributed by atoms with Crippen LogP contribution in [0.1, 0.15) is 5.56 Å². The van der Waals surface area contributed by atoms with Crippen LogP contribution in [0.2, 0.25) is 0 Å². The number of carbonyl (C=O) groups is 2. The number of hydrogen-bond donors (Lipinski definition) is 1. The summed E-state index contributed by atoms with van der Waals surface area (Å²) in [6.07, 6.45) is 0.0982. The molecule has 0 bridgehead atoms. The van der Waals surface area contributed by atoms with Crippen molar-refractivity contribution in [2.75, 3.05) is 33.9 Å². The van der Waals surface area contributed by atoms with Crippen LogP contribution in [-0.2, 0) is 20.7 Å². The third-order valence-electron chi connectivity index (χ3n) is 2.78. The molecule has 0 saturated carbocycles. The minimum absolute atomic E-state index is 0.0982. The molecule has 0 heterocycles. The smallest absolute Gasteiger partial charge is 0.323 e. The van der Waals surface area contributed by atoms with Crippen molar-refractivity contribution in [1.29, 1.82) is 0 Å². The molecule has 1 aromatic rings. The third kappa shape index (κ3) is 4.89. The normalized spacial score (nSPS) is 10.1. The van der Waals surface area contributed by atoms with E-state index in [-0.39, 0.29) is 25.4 Å². The maximum absolute atomic E-state index is 12.2. The number of rotatable bonds is 8. The lowest BCUT2D eigenvalue weighted by Gasteiger charge is -2.20. The number of carboxylic acids is 1. The fourth-order valence-corrected chi connectivity index (χ4v) is 1.78. The molecule has 6 heteroatoms. The number of benzene rings is 1. The number of carbonyl (C=O) groups excluding carboxylic acids is 1. The Kier molecular flexibility index (Phi) is 6.52. The summed E-state index contributed by atoms with van der Waals surface area (Å²) in [5.41, 5.74) is 0.729. The molecule has 0 atom stereocenters. The molecular formula is C14H19NO5. The number of nitrogens with zero attached hydrogens (tertiary/aromatic N) is 1. The van der Waals surface area contributed by atoms with Gasteiger partial charge in [0, 0.05) is 19.2 Å². The van der Waals surface area contributed by atoms with Crippen molar-refractivity contribution < 1.29 is 24.2 Å². The van der Waals surface area contributed by atoms with E-state index in [0.717, 1.165) is 5.56 Å². The highest BCUT2D eigenvalue weighted by atomic mass is 16.5. The second-order valence-corrected chi connectivity index (χ2v) is 4.19. The number of para-hydroxylation sites is 1. The zero-order valence-corrected chi connectivity index (χ0v) is 11.7. The van der Waals surface area contributed by atoms with Gasteiger partial charge < -0.3 is 19.5 Å². The van der Waals surface area contributed by atoms with Crippen molar-refractivity contribution in [2.24, 2.45) is 0 Å². The van der Waals surface area contributed by atoms with Gasteiger partial charge in [-0.05, 0) is 6.07 Å². The molecule has 0 aromatic heterocycles. The van der Waals surface area contributed by atoms with Gasteiger partial charge in [0.25, 0.3) is 0 Å².